The molecule has 0 aliphatic rings. The summed E-state index contributed by atoms with van der Waals surface area (Å²) in [6, 6.07) is 7.52. The van der Waals surface area contributed by atoms with Gasteiger partial charge >= 0.3 is 6.36 Å². The molecular formula is C16H12F3N3OS3. The monoisotopic (exact) mass is 415 g/mol. The van der Waals surface area contributed by atoms with E-state index >= 15 is 0 Å². The Balaban J connectivity index is 1.94. The fourth-order valence-corrected chi connectivity index (χ4v) is 4.90. The normalized spacial score (nSPS) is 11.5. The van der Waals surface area contributed by atoms with Gasteiger partial charge < -0.3 is 10.5 Å². The van der Waals surface area contributed by atoms with Crippen LogP contribution in [0.5, 0.6) is 5.75 Å². The average Bonchev–Trinajstić information content (AvgIpc) is 3.20. The van der Waals surface area contributed by atoms with E-state index in [4.69, 9.17) is 11.1 Å². The molecule has 136 valence electrons. The molecule has 3 N–H and O–H groups in total. The topological polar surface area (TPSA) is 72.0 Å². The first kappa shape index (κ1) is 18.7. The van der Waals surface area contributed by atoms with Gasteiger partial charge in [-0.05, 0) is 24.5 Å². The van der Waals surface area contributed by atoms with Crippen LogP contribution in [0.25, 0.3) is 21.8 Å². The maximum Gasteiger partial charge on any atom is 0.573 e. The van der Waals surface area contributed by atoms with E-state index in [0.29, 0.717) is 16.1 Å². The average molecular weight is 415 g/mol. The first-order valence-electron chi connectivity index (χ1n) is 7.11. The summed E-state index contributed by atoms with van der Waals surface area (Å²) in [7, 11) is 0. The lowest BCUT2D eigenvalue weighted by Crippen LogP contribution is -2.17. The number of halogens is 3. The molecule has 0 fully saturated rings. The van der Waals surface area contributed by atoms with Crippen LogP contribution in [0.3, 0.4) is 0 Å². The lowest BCUT2D eigenvalue weighted by molar-refractivity contribution is -0.274. The Hall–Kier alpha value is -2.04. The molecule has 0 bridgehead atoms. The second-order valence-electron chi connectivity index (χ2n) is 5.04. The number of hydrogen-bond donors (Lipinski definition) is 2. The third-order valence-corrected chi connectivity index (χ3v) is 6.43. The van der Waals surface area contributed by atoms with Gasteiger partial charge in [-0.2, -0.15) is 0 Å². The fourth-order valence-electron chi connectivity index (χ4n) is 2.19. The SMILES string of the molecule is CSc1sc(C(=N)N)cc1-c1nc(-c2cccc(OC(F)(F)F)c2)cs1. The maximum atomic E-state index is 12.4. The summed E-state index contributed by atoms with van der Waals surface area (Å²) in [4.78, 5) is 5.19. The standard InChI is InChI=1S/C16H12F3N3OS3/c1-24-15-10(6-12(26-15)13(20)21)14-22-11(7-25-14)8-3-2-4-9(5-8)23-16(17,18)19/h2-7H,1H3,(H3,20,21). The van der Waals surface area contributed by atoms with Crippen LogP contribution in [0.2, 0.25) is 0 Å². The molecule has 0 unspecified atom stereocenters. The van der Waals surface area contributed by atoms with Gasteiger partial charge in [-0.3, -0.25) is 5.41 Å². The van der Waals surface area contributed by atoms with Crippen LogP contribution in [0.15, 0.2) is 39.9 Å². The first-order valence-corrected chi connectivity index (χ1v) is 10.0. The van der Waals surface area contributed by atoms with Crippen LogP contribution in [0.1, 0.15) is 4.88 Å². The number of thiazole rings is 1. The van der Waals surface area contributed by atoms with Gasteiger partial charge in [0.1, 0.15) is 16.6 Å². The molecule has 4 nitrogen and oxygen atoms in total. The van der Waals surface area contributed by atoms with Crippen LogP contribution >= 0.6 is 34.4 Å². The van der Waals surface area contributed by atoms with E-state index in [0.717, 1.165) is 14.8 Å². The lowest BCUT2D eigenvalue weighted by Gasteiger charge is -2.09. The zero-order valence-corrected chi connectivity index (χ0v) is 15.7. The van der Waals surface area contributed by atoms with Crippen molar-refractivity contribution < 1.29 is 17.9 Å². The highest BCUT2D eigenvalue weighted by molar-refractivity contribution is 8.00. The summed E-state index contributed by atoms with van der Waals surface area (Å²) < 4.78 is 42.1. The molecule has 0 spiro atoms. The van der Waals surface area contributed by atoms with E-state index in [1.54, 1.807) is 11.4 Å². The van der Waals surface area contributed by atoms with Crippen LogP contribution < -0.4 is 10.5 Å². The summed E-state index contributed by atoms with van der Waals surface area (Å²) in [5.74, 6) is -0.297. The van der Waals surface area contributed by atoms with E-state index < -0.39 is 6.36 Å². The summed E-state index contributed by atoms with van der Waals surface area (Å²) in [5, 5.41) is 10.1. The number of alkyl halides is 3. The lowest BCUT2D eigenvalue weighted by atomic mass is 10.1. The van der Waals surface area contributed by atoms with Crippen molar-refractivity contribution in [3.05, 3.63) is 40.6 Å². The van der Waals surface area contributed by atoms with E-state index in [9.17, 15) is 13.2 Å². The summed E-state index contributed by atoms with van der Waals surface area (Å²) in [6.07, 6.45) is -2.81. The predicted molar refractivity (Wildman–Crippen MR) is 100 cm³/mol. The number of ether oxygens (including phenoxy) is 1. The van der Waals surface area contributed by atoms with Crippen molar-refractivity contribution >= 4 is 40.3 Å². The van der Waals surface area contributed by atoms with Crippen LogP contribution in [0.4, 0.5) is 13.2 Å². The predicted octanol–water partition coefficient (Wildman–Crippen LogP) is 5.44. The number of thiophene rings is 1. The van der Waals surface area contributed by atoms with Crippen molar-refractivity contribution in [2.24, 2.45) is 5.73 Å². The number of aromatic nitrogens is 1. The number of thioether (sulfide) groups is 1. The Morgan fingerprint density at radius 3 is 2.73 bits per heavy atom. The van der Waals surface area contributed by atoms with Crippen LogP contribution in [-0.4, -0.2) is 23.4 Å². The second-order valence-corrected chi connectivity index (χ2v) is 8.03. The summed E-state index contributed by atoms with van der Waals surface area (Å²) in [5.41, 5.74) is 7.51. The molecule has 0 atom stereocenters. The highest BCUT2D eigenvalue weighted by atomic mass is 32.2. The molecule has 0 radical (unpaired) electrons. The first-order chi connectivity index (χ1) is 12.3. The molecule has 0 aliphatic carbocycles. The van der Waals surface area contributed by atoms with E-state index in [-0.39, 0.29) is 11.6 Å². The molecular weight excluding hydrogens is 403 g/mol. The molecule has 0 amide bonds. The van der Waals surface area contributed by atoms with Crippen molar-refractivity contribution in [1.82, 2.24) is 4.98 Å². The van der Waals surface area contributed by atoms with Crippen molar-refractivity contribution in [2.75, 3.05) is 6.26 Å². The number of amidine groups is 1. The van der Waals surface area contributed by atoms with Crippen molar-refractivity contribution in [1.29, 1.82) is 5.41 Å². The van der Waals surface area contributed by atoms with Crippen molar-refractivity contribution in [3.8, 4) is 27.6 Å². The molecule has 3 rings (SSSR count). The van der Waals surface area contributed by atoms with E-state index in [1.807, 2.05) is 12.3 Å². The molecule has 0 aliphatic heterocycles. The van der Waals surface area contributed by atoms with Gasteiger partial charge in [0, 0.05) is 16.5 Å². The Morgan fingerprint density at radius 2 is 2.08 bits per heavy atom. The number of hydrogen-bond acceptors (Lipinski definition) is 6. The van der Waals surface area contributed by atoms with Gasteiger partial charge in [0.25, 0.3) is 0 Å². The minimum absolute atomic E-state index is 0.00895. The van der Waals surface area contributed by atoms with Crippen LogP contribution in [-0.2, 0) is 0 Å². The van der Waals surface area contributed by atoms with Gasteiger partial charge in [-0.15, -0.1) is 47.6 Å². The molecule has 26 heavy (non-hydrogen) atoms. The molecule has 3 aromatic rings. The van der Waals surface area contributed by atoms with Crippen LogP contribution in [0, 0.1) is 5.41 Å². The minimum atomic E-state index is -4.74. The molecule has 2 heterocycles. The largest absolute Gasteiger partial charge is 0.573 e. The number of nitrogen functional groups attached to an aromatic ring is 1. The summed E-state index contributed by atoms with van der Waals surface area (Å²) in [6.45, 7) is 0. The Morgan fingerprint density at radius 1 is 1.31 bits per heavy atom. The smallest absolute Gasteiger partial charge is 0.406 e. The zero-order chi connectivity index (χ0) is 18.9. The maximum absolute atomic E-state index is 12.4. The second kappa shape index (κ2) is 7.29. The molecule has 2 aromatic heterocycles. The van der Waals surface area contributed by atoms with Crippen molar-refractivity contribution in [2.45, 2.75) is 10.6 Å². The quantitative estimate of drug-likeness (QED) is 0.330. The third-order valence-electron chi connectivity index (χ3n) is 3.25. The van der Waals surface area contributed by atoms with Gasteiger partial charge in [0.15, 0.2) is 0 Å². The highest BCUT2D eigenvalue weighted by Crippen LogP contribution is 2.40. The number of benzene rings is 1. The zero-order valence-electron chi connectivity index (χ0n) is 13.3. The molecule has 0 saturated heterocycles. The van der Waals surface area contributed by atoms with Gasteiger partial charge in [0.2, 0.25) is 0 Å². The highest BCUT2D eigenvalue weighted by Gasteiger charge is 2.31. The van der Waals surface area contributed by atoms with E-state index in [2.05, 4.69) is 9.72 Å². The Bertz CT molecular complexity index is 950. The number of nitrogens with two attached hydrogens (primary N) is 1. The Labute approximate surface area is 159 Å². The molecule has 1 aromatic carbocycles. The number of nitrogens with one attached hydrogen (secondary N) is 1. The minimum Gasteiger partial charge on any atom is -0.406 e. The molecule has 10 heteroatoms. The Kier molecular flexibility index (Phi) is 5.26. The van der Waals surface area contributed by atoms with Gasteiger partial charge in [0.05, 0.1) is 14.8 Å². The number of nitrogens with zero attached hydrogens (tertiary/aromatic N) is 1. The third kappa shape index (κ3) is 4.19. The number of rotatable bonds is 5. The molecule has 0 saturated carbocycles. The summed E-state index contributed by atoms with van der Waals surface area (Å²) >= 11 is 4.32. The van der Waals surface area contributed by atoms with E-state index in [1.165, 1.54) is 52.6 Å². The van der Waals surface area contributed by atoms with Crippen molar-refractivity contribution in [3.63, 3.8) is 0 Å². The fraction of sp³-hybridized carbons (Fsp3) is 0.125. The van der Waals surface area contributed by atoms with Gasteiger partial charge in [-0.25, -0.2) is 4.98 Å². The van der Waals surface area contributed by atoms with Gasteiger partial charge in [-0.1, -0.05) is 12.1 Å².